The highest BCUT2D eigenvalue weighted by atomic mass is 19.2. The van der Waals surface area contributed by atoms with Gasteiger partial charge < -0.3 is 15.7 Å². The average Bonchev–Trinajstić information content (AvgIpc) is 3.13. The molecular formula is C20H26F2N2O3. The Kier molecular flexibility index (Phi) is 5.97. The molecule has 2 aliphatic carbocycles. The number of carboxylic acids is 1. The number of carbonyl (C=O) groups excluding carboxylic acids is 1. The van der Waals surface area contributed by atoms with Crippen LogP contribution in [0.5, 0.6) is 0 Å². The largest absolute Gasteiger partial charge is 0.481 e. The first-order chi connectivity index (χ1) is 12.9. The maximum absolute atomic E-state index is 14.3. The zero-order valence-corrected chi connectivity index (χ0v) is 15.3. The molecule has 148 valence electrons. The summed E-state index contributed by atoms with van der Waals surface area (Å²) in [6.45, 7) is 0.254. The van der Waals surface area contributed by atoms with Crippen molar-refractivity contribution in [3.63, 3.8) is 0 Å². The van der Waals surface area contributed by atoms with Crippen LogP contribution in [0.15, 0.2) is 18.2 Å². The van der Waals surface area contributed by atoms with Crippen molar-refractivity contribution < 1.29 is 23.5 Å². The Balaban J connectivity index is 1.58. The van der Waals surface area contributed by atoms with Crippen LogP contribution in [0, 0.1) is 17.6 Å². The van der Waals surface area contributed by atoms with Crippen molar-refractivity contribution in [2.45, 2.75) is 62.8 Å². The Morgan fingerprint density at radius 2 is 1.78 bits per heavy atom. The van der Waals surface area contributed by atoms with Gasteiger partial charge in [0, 0.05) is 18.0 Å². The van der Waals surface area contributed by atoms with E-state index in [-0.39, 0.29) is 24.5 Å². The van der Waals surface area contributed by atoms with Crippen molar-refractivity contribution in [3.8, 4) is 0 Å². The summed E-state index contributed by atoms with van der Waals surface area (Å²) < 4.78 is 28.0. The second-order valence-electron chi connectivity index (χ2n) is 7.80. The summed E-state index contributed by atoms with van der Waals surface area (Å²) in [4.78, 5) is 23.3. The van der Waals surface area contributed by atoms with Crippen molar-refractivity contribution in [2.24, 2.45) is 5.92 Å². The predicted octanol–water partition coefficient (Wildman–Crippen LogP) is 3.72. The Morgan fingerprint density at radius 3 is 2.41 bits per heavy atom. The molecule has 2 fully saturated rings. The van der Waals surface area contributed by atoms with E-state index < -0.39 is 23.0 Å². The number of carbonyl (C=O) groups is 2. The molecule has 3 rings (SSSR count). The summed E-state index contributed by atoms with van der Waals surface area (Å²) in [6.07, 6.45) is 5.62. The van der Waals surface area contributed by atoms with Gasteiger partial charge in [0.2, 0.25) is 0 Å². The standard InChI is InChI=1S/C20H26F2N2O3/c21-16-5-3-4-15(17(16)22)20(10-1-2-11-20)12-23-19(27)24-14-8-6-13(7-9-14)18(25)26/h3-5,13-14H,1-2,6-12H2,(H,25,26)(H2,23,24,27). The highest BCUT2D eigenvalue weighted by Crippen LogP contribution is 2.42. The van der Waals surface area contributed by atoms with Crippen LogP contribution in [0.3, 0.4) is 0 Å². The number of amides is 2. The Hall–Kier alpha value is -2.18. The summed E-state index contributed by atoms with van der Waals surface area (Å²) in [6, 6.07) is 3.84. The van der Waals surface area contributed by atoms with Crippen LogP contribution in [0.25, 0.3) is 0 Å². The van der Waals surface area contributed by atoms with Gasteiger partial charge >= 0.3 is 12.0 Å². The number of nitrogens with one attached hydrogen (secondary N) is 2. The SMILES string of the molecule is O=C(NCC1(c2cccc(F)c2F)CCCC1)NC1CCC(C(=O)O)CC1. The quantitative estimate of drug-likeness (QED) is 0.728. The smallest absolute Gasteiger partial charge is 0.315 e. The first-order valence-corrected chi connectivity index (χ1v) is 9.63. The van der Waals surface area contributed by atoms with Crippen LogP contribution >= 0.6 is 0 Å². The van der Waals surface area contributed by atoms with Crippen LogP contribution in [0.4, 0.5) is 13.6 Å². The maximum Gasteiger partial charge on any atom is 0.315 e. The van der Waals surface area contributed by atoms with E-state index in [2.05, 4.69) is 10.6 Å². The Bertz CT molecular complexity index is 696. The molecule has 0 spiro atoms. The molecule has 0 radical (unpaired) electrons. The third-order valence-corrected chi connectivity index (χ3v) is 6.08. The summed E-state index contributed by atoms with van der Waals surface area (Å²) in [5, 5.41) is 14.8. The predicted molar refractivity (Wildman–Crippen MR) is 96.4 cm³/mol. The van der Waals surface area contributed by atoms with Crippen LogP contribution < -0.4 is 10.6 Å². The van der Waals surface area contributed by atoms with E-state index in [1.54, 1.807) is 6.07 Å². The minimum atomic E-state index is -0.863. The van der Waals surface area contributed by atoms with Crippen LogP contribution in [-0.4, -0.2) is 29.7 Å². The molecule has 7 heteroatoms. The van der Waals surface area contributed by atoms with Gasteiger partial charge in [-0.25, -0.2) is 13.6 Å². The molecule has 27 heavy (non-hydrogen) atoms. The third-order valence-electron chi connectivity index (χ3n) is 6.08. The second-order valence-corrected chi connectivity index (χ2v) is 7.80. The molecule has 0 bridgehead atoms. The molecule has 0 unspecified atom stereocenters. The molecule has 3 N–H and O–H groups in total. The van der Waals surface area contributed by atoms with Crippen LogP contribution in [-0.2, 0) is 10.2 Å². The molecule has 0 aliphatic heterocycles. The van der Waals surface area contributed by atoms with Crippen molar-refractivity contribution >= 4 is 12.0 Å². The fourth-order valence-electron chi connectivity index (χ4n) is 4.48. The van der Waals surface area contributed by atoms with Gasteiger partial charge in [-0.1, -0.05) is 25.0 Å². The van der Waals surface area contributed by atoms with Crippen molar-refractivity contribution in [2.75, 3.05) is 6.54 Å². The number of halogens is 2. The minimum absolute atomic E-state index is 0.0500. The number of benzene rings is 1. The number of hydrogen-bond acceptors (Lipinski definition) is 2. The highest BCUT2D eigenvalue weighted by Gasteiger charge is 2.39. The van der Waals surface area contributed by atoms with Crippen molar-refractivity contribution in [1.82, 2.24) is 10.6 Å². The lowest BCUT2D eigenvalue weighted by Gasteiger charge is -2.31. The Morgan fingerprint density at radius 1 is 1.11 bits per heavy atom. The molecule has 0 atom stereocenters. The van der Waals surface area contributed by atoms with Crippen LogP contribution in [0.2, 0.25) is 0 Å². The van der Waals surface area contributed by atoms with E-state index in [0.29, 0.717) is 44.1 Å². The summed E-state index contributed by atoms with van der Waals surface area (Å²) in [7, 11) is 0. The van der Waals surface area contributed by atoms with Gasteiger partial charge in [0.15, 0.2) is 11.6 Å². The van der Waals surface area contributed by atoms with E-state index in [4.69, 9.17) is 5.11 Å². The van der Waals surface area contributed by atoms with Gasteiger partial charge in [-0.2, -0.15) is 0 Å². The normalized spacial score (nSPS) is 24.4. The zero-order valence-electron chi connectivity index (χ0n) is 15.3. The maximum atomic E-state index is 14.3. The van der Waals surface area contributed by atoms with E-state index in [9.17, 15) is 18.4 Å². The van der Waals surface area contributed by atoms with Gasteiger partial charge in [-0.15, -0.1) is 0 Å². The fraction of sp³-hybridized carbons (Fsp3) is 0.600. The highest BCUT2D eigenvalue weighted by molar-refractivity contribution is 5.74. The van der Waals surface area contributed by atoms with Crippen molar-refractivity contribution in [3.05, 3.63) is 35.4 Å². The van der Waals surface area contributed by atoms with E-state index in [1.807, 2.05) is 0 Å². The summed E-state index contributed by atoms with van der Waals surface area (Å²) >= 11 is 0. The number of aliphatic carboxylic acids is 1. The molecule has 0 saturated heterocycles. The van der Waals surface area contributed by atoms with Gasteiger partial charge in [-0.05, 0) is 50.2 Å². The topological polar surface area (TPSA) is 78.4 Å². The van der Waals surface area contributed by atoms with E-state index in [0.717, 1.165) is 18.9 Å². The first-order valence-electron chi connectivity index (χ1n) is 9.63. The fourth-order valence-corrected chi connectivity index (χ4v) is 4.48. The molecular weight excluding hydrogens is 354 g/mol. The van der Waals surface area contributed by atoms with Gasteiger partial charge in [0.1, 0.15) is 0 Å². The lowest BCUT2D eigenvalue weighted by atomic mass is 9.78. The Labute approximate surface area is 157 Å². The molecule has 0 aromatic heterocycles. The molecule has 5 nitrogen and oxygen atoms in total. The van der Waals surface area contributed by atoms with Crippen LogP contribution in [0.1, 0.15) is 56.9 Å². The molecule has 2 aliphatic rings. The van der Waals surface area contributed by atoms with Gasteiger partial charge in [-0.3, -0.25) is 4.79 Å². The number of urea groups is 1. The second kappa shape index (κ2) is 8.23. The monoisotopic (exact) mass is 380 g/mol. The molecule has 2 amide bonds. The number of hydrogen-bond donors (Lipinski definition) is 3. The average molecular weight is 380 g/mol. The lowest BCUT2D eigenvalue weighted by Crippen LogP contribution is -2.48. The first kappa shape index (κ1) is 19.6. The van der Waals surface area contributed by atoms with Gasteiger partial charge in [0.25, 0.3) is 0 Å². The number of carboxylic acid groups (broad SMARTS) is 1. The van der Waals surface area contributed by atoms with Crippen molar-refractivity contribution in [1.29, 1.82) is 0 Å². The van der Waals surface area contributed by atoms with E-state index in [1.165, 1.54) is 6.07 Å². The minimum Gasteiger partial charge on any atom is -0.481 e. The van der Waals surface area contributed by atoms with E-state index >= 15 is 0 Å². The van der Waals surface area contributed by atoms with Gasteiger partial charge in [0.05, 0.1) is 5.92 Å². The lowest BCUT2D eigenvalue weighted by molar-refractivity contribution is -0.142. The summed E-state index contributed by atoms with van der Waals surface area (Å²) in [5.74, 6) is -2.80. The number of rotatable bonds is 5. The molecule has 1 aromatic rings. The third kappa shape index (κ3) is 4.39. The molecule has 2 saturated carbocycles. The summed E-state index contributed by atoms with van der Waals surface area (Å²) in [5.41, 5.74) is -0.243. The zero-order chi connectivity index (χ0) is 19.4. The molecule has 0 heterocycles. The molecule has 1 aromatic carbocycles.